The van der Waals surface area contributed by atoms with Gasteiger partial charge in [0.15, 0.2) is 0 Å². The van der Waals surface area contributed by atoms with Gasteiger partial charge < -0.3 is 9.80 Å². The predicted molar refractivity (Wildman–Crippen MR) is 70.1 cm³/mol. The molecule has 1 unspecified atom stereocenters. The molecule has 0 spiro atoms. The second-order valence-electron chi connectivity index (χ2n) is 4.58. The van der Waals surface area contributed by atoms with Crippen molar-refractivity contribution in [1.82, 2.24) is 4.90 Å². The van der Waals surface area contributed by atoms with Gasteiger partial charge in [-0.3, -0.25) is 4.79 Å². The molecule has 1 aliphatic rings. The Bertz CT molecular complexity index is 377. The minimum atomic E-state index is 0.0175. The number of rotatable bonds is 4. The lowest BCUT2D eigenvalue weighted by molar-refractivity contribution is -0.128. The molecule has 0 radical (unpaired) electrons. The number of hydrogen-bond acceptors (Lipinski definition) is 2. The Hall–Kier alpha value is -1.51. The van der Waals surface area contributed by atoms with Crippen molar-refractivity contribution in [3.05, 3.63) is 30.3 Å². The number of amides is 1. The van der Waals surface area contributed by atoms with Crippen LogP contribution in [0.1, 0.15) is 19.8 Å². The number of anilines is 1. The van der Waals surface area contributed by atoms with E-state index in [0.29, 0.717) is 0 Å². The summed E-state index contributed by atoms with van der Waals surface area (Å²) in [6, 6.07) is 10.1. The zero-order chi connectivity index (χ0) is 12.3. The minimum Gasteiger partial charge on any atom is -0.363 e. The second kappa shape index (κ2) is 5.21. The van der Waals surface area contributed by atoms with Crippen LogP contribution < -0.4 is 4.90 Å². The molecule has 1 aromatic rings. The lowest BCUT2D eigenvalue weighted by Gasteiger charge is -2.25. The van der Waals surface area contributed by atoms with E-state index in [1.807, 2.05) is 30.1 Å². The van der Waals surface area contributed by atoms with Crippen molar-refractivity contribution in [2.24, 2.45) is 0 Å². The average Bonchev–Trinajstić information content (AvgIpc) is 2.72. The van der Waals surface area contributed by atoms with Crippen molar-refractivity contribution in [2.45, 2.75) is 25.8 Å². The third-order valence-corrected chi connectivity index (χ3v) is 3.39. The minimum absolute atomic E-state index is 0.0175. The van der Waals surface area contributed by atoms with E-state index in [1.54, 1.807) is 0 Å². The van der Waals surface area contributed by atoms with Gasteiger partial charge in [-0.1, -0.05) is 25.1 Å². The maximum Gasteiger partial charge on any atom is 0.245 e. The molecule has 1 saturated heterocycles. The van der Waals surface area contributed by atoms with Crippen molar-refractivity contribution in [3.8, 4) is 0 Å². The van der Waals surface area contributed by atoms with Crippen molar-refractivity contribution in [1.29, 1.82) is 0 Å². The van der Waals surface area contributed by atoms with E-state index in [-0.39, 0.29) is 11.9 Å². The monoisotopic (exact) mass is 232 g/mol. The number of para-hydroxylation sites is 1. The Morgan fingerprint density at radius 3 is 2.71 bits per heavy atom. The Morgan fingerprint density at radius 2 is 2.06 bits per heavy atom. The van der Waals surface area contributed by atoms with Crippen molar-refractivity contribution < 1.29 is 4.79 Å². The van der Waals surface area contributed by atoms with Gasteiger partial charge in [-0.2, -0.15) is 0 Å². The molecule has 0 bridgehead atoms. The Kier molecular flexibility index (Phi) is 3.67. The van der Waals surface area contributed by atoms with Crippen molar-refractivity contribution in [3.63, 3.8) is 0 Å². The zero-order valence-electron chi connectivity index (χ0n) is 10.6. The highest BCUT2D eigenvalue weighted by Crippen LogP contribution is 2.22. The van der Waals surface area contributed by atoms with E-state index in [0.717, 1.165) is 31.6 Å². The third kappa shape index (κ3) is 2.43. The van der Waals surface area contributed by atoms with Crippen molar-refractivity contribution >= 4 is 11.6 Å². The first-order chi connectivity index (χ1) is 8.24. The van der Waals surface area contributed by atoms with Gasteiger partial charge in [0.2, 0.25) is 5.91 Å². The van der Waals surface area contributed by atoms with Gasteiger partial charge in [0.25, 0.3) is 0 Å². The normalized spacial score (nSPS) is 19.8. The number of carbonyl (C=O) groups is 1. The van der Waals surface area contributed by atoms with Crippen LogP contribution in [0, 0.1) is 0 Å². The highest BCUT2D eigenvalue weighted by atomic mass is 16.2. The molecule has 1 fully saturated rings. The fraction of sp³-hybridized carbons (Fsp3) is 0.500. The number of likely N-dealkylation sites (tertiary alicyclic amines) is 1. The maximum atomic E-state index is 12.2. The average molecular weight is 232 g/mol. The van der Waals surface area contributed by atoms with Crippen LogP contribution >= 0.6 is 0 Å². The summed E-state index contributed by atoms with van der Waals surface area (Å²) in [6.45, 7) is 3.90. The molecule has 3 heteroatoms. The summed E-state index contributed by atoms with van der Waals surface area (Å²) in [4.78, 5) is 16.3. The van der Waals surface area contributed by atoms with E-state index in [1.165, 1.54) is 0 Å². The first-order valence-electron chi connectivity index (χ1n) is 6.30. The summed E-state index contributed by atoms with van der Waals surface area (Å²) in [5.41, 5.74) is 1.11. The molecule has 1 atom stereocenters. The zero-order valence-corrected chi connectivity index (χ0v) is 10.6. The van der Waals surface area contributed by atoms with Gasteiger partial charge in [0.05, 0.1) is 0 Å². The quantitative estimate of drug-likeness (QED) is 0.794. The van der Waals surface area contributed by atoms with Crippen LogP contribution in [0.2, 0.25) is 0 Å². The van der Waals surface area contributed by atoms with Crippen LogP contribution in [-0.4, -0.2) is 37.0 Å². The van der Waals surface area contributed by atoms with Gasteiger partial charge in [-0.05, 0) is 25.0 Å². The molecule has 0 aromatic heterocycles. The van der Waals surface area contributed by atoms with Crippen LogP contribution in [0.15, 0.2) is 30.3 Å². The number of nitrogens with zero attached hydrogens (tertiary/aromatic N) is 2. The van der Waals surface area contributed by atoms with E-state index >= 15 is 0 Å². The fourth-order valence-corrected chi connectivity index (χ4v) is 2.42. The van der Waals surface area contributed by atoms with Gasteiger partial charge in [-0.15, -0.1) is 0 Å². The SMILES string of the molecule is CCCN1CCC(N(C)c2ccccc2)C1=O. The summed E-state index contributed by atoms with van der Waals surface area (Å²) in [6.07, 6.45) is 1.97. The second-order valence-corrected chi connectivity index (χ2v) is 4.58. The standard InChI is InChI=1S/C14H20N2O/c1-3-10-16-11-9-13(14(16)17)15(2)12-7-5-4-6-8-12/h4-8,13H,3,9-11H2,1-2H3. The molecular weight excluding hydrogens is 212 g/mol. The summed E-state index contributed by atoms with van der Waals surface area (Å²) >= 11 is 0. The Morgan fingerprint density at radius 1 is 1.35 bits per heavy atom. The highest BCUT2D eigenvalue weighted by Gasteiger charge is 2.33. The molecule has 1 amide bonds. The first-order valence-corrected chi connectivity index (χ1v) is 6.30. The number of likely N-dealkylation sites (N-methyl/N-ethyl adjacent to an activating group) is 1. The molecule has 0 aliphatic carbocycles. The Labute approximate surface area is 103 Å². The molecule has 1 aromatic carbocycles. The van der Waals surface area contributed by atoms with Gasteiger partial charge in [0.1, 0.15) is 6.04 Å². The smallest absolute Gasteiger partial charge is 0.245 e. The number of carbonyl (C=O) groups excluding carboxylic acids is 1. The van der Waals surface area contributed by atoms with E-state index in [9.17, 15) is 4.79 Å². The van der Waals surface area contributed by atoms with Gasteiger partial charge in [-0.25, -0.2) is 0 Å². The van der Waals surface area contributed by atoms with Gasteiger partial charge in [0, 0.05) is 25.8 Å². The summed E-state index contributed by atoms with van der Waals surface area (Å²) in [7, 11) is 2.01. The summed E-state index contributed by atoms with van der Waals surface area (Å²) in [5.74, 6) is 0.276. The van der Waals surface area contributed by atoms with Crippen LogP contribution in [0.5, 0.6) is 0 Å². The number of hydrogen-bond donors (Lipinski definition) is 0. The predicted octanol–water partition coefficient (Wildman–Crippen LogP) is 2.13. The lowest BCUT2D eigenvalue weighted by atomic mass is 10.2. The summed E-state index contributed by atoms with van der Waals surface area (Å²) < 4.78 is 0. The molecule has 1 aliphatic heterocycles. The third-order valence-electron chi connectivity index (χ3n) is 3.39. The molecule has 2 rings (SSSR count). The molecule has 1 heterocycles. The largest absolute Gasteiger partial charge is 0.363 e. The van der Waals surface area contributed by atoms with Gasteiger partial charge >= 0.3 is 0 Å². The van der Waals surface area contributed by atoms with Crippen molar-refractivity contribution in [2.75, 3.05) is 25.0 Å². The topological polar surface area (TPSA) is 23.6 Å². The lowest BCUT2D eigenvalue weighted by Crippen LogP contribution is -2.39. The van der Waals surface area contributed by atoms with Crippen LogP contribution in [0.4, 0.5) is 5.69 Å². The van der Waals surface area contributed by atoms with Crippen LogP contribution in [0.25, 0.3) is 0 Å². The molecule has 3 nitrogen and oxygen atoms in total. The molecule has 92 valence electrons. The highest BCUT2D eigenvalue weighted by molar-refractivity contribution is 5.87. The number of benzene rings is 1. The van der Waals surface area contributed by atoms with Crippen LogP contribution in [0.3, 0.4) is 0 Å². The maximum absolute atomic E-state index is 12.2. The molecule has 0 N–H and O–H groups in total. The van der Waals surface area contributed by atoms with E-state index in [4.69, 9.17) is 0 Å². The molecule has 17 heavy (non-hydrogen) atoms. The van der Waals surface area contributed by atoms with E-state index in [2.05, 4.69) is 24.0 Å². The fourth-order valence-electron chi connectivity index (χ4n) is 2.42. The van der Waals surface area contributed by atoms with E-state index < -0.39 is 0 Å². The first kappa shape index (κ1) is 12.0. The Balaban J connectivity index is 2.07. The molecule has 0 saturated carbocycles. The molecular formula is C14H20N2O. The van der Waals surface area contributed by atoms with Crippen LogP contribution in [-0.2, 0) is 4.79 Å². The summed E-state index contributed by atoms with van der Waals surface area (Å²) in [5, 5.41) is 0.